The highest BCUT2D eigenvalue weighted by Gasteiger charge is 2.49. The van der Waals surface area contributed by atoms with Crippen molar-refractivity contribution in [2.45, 2.75) is 19.3 Å². The number of alkyl halides is 4. The fourth-order valence-corrected chi connectivity index (χ4v) is 1.07. The van der Waals surface area contributed by atoms with Crippen molar-refractivity contribution in [3.63, 3.8) is 0 Å². The average Bonchev–Trinajstić information content (AvgIpc) is 2.29. The molecule has 100 valence electrons. The standard InChI is InChI=1S/C10H7F6NO/c1-4-2-3-5(11)7(6(4)12)17-9(18)10(15,16)8(13)14/h2-3,8H,1H3,(H,17,18). The molecule has 2 nitrogen and oxygen atoms in total. The Morgan fingerprint density at radius 1 is 1.28 bits per heavy atom. The number of carbonyl (C=O) groups is 1. The molecule has 0 aliphatic rings. The van der Waals surface area contributed by atoms with Crippen molar-refractivity contribution in [1.29, 1.82) is 0 Å². The van der Waals surface area contributed by atoms with Crippen LogP contribution in [-0.4, -0.2) is 18.3 Å². The molecule has 0 spiro atoms. The molecule has 0 fully saturated rings. The summed E-state index contributed by atoms with van der Waals surface area (Å²) in [5.41, 5.74) is -1.31. The summed E-state index contributed by atoms with van der Waals surface area (Å²) in [6, 6.07) is 1.72. The third kappa shape index (κ3) is 2.57. The first-order valence-corrected chi connectivity index (χ1v) is 4.60. The molecule has 0 heterocycles. The van der Waals surface area contributed by atoms with Crippen molar-refractivity contribution in [1.82, 2.24) is 0 Å². The van der Waals surface area contributed by atoms with Gasteiger partial charge >= 0.3 is 18.3 Å². The molecule has 0 aromatic heterocycles. The first-order valence-electron chi connectivity index (χ1n) is 4.60. The summed E-state index contributed by atoms with van der Waals surface area (Å²) >= 11 is 0. The molecule has 18 heavy (non-hydrogen) atoms. The number of anilines is 1. The van der Waals surface area contributed by atoms with Crippen LogP contribution in [0.5, 0.6) is 0 Å². The molecule has 1 amide bonds. The summed E-state index contributed by atoms with van der Waals surface area (Å²) in [5.74, 6) is -10.1. The molecule has 0 aliphatic carbocycles. The van der Waals surface area contributed by atoms with Crippen molar-refractivity contribution in [2.75, 3.05) is 5.32 Å². The zero-order chi connectivity index (χ0) is 14.1. The van der Waals surface area contributed by atoms with Crippen LogP contribution in [-0.2, 0) is 4.79 Å². The van der Waals surface area contributed by atoms with Crippen LogP contribution in [0.1, 0.15) is 5.56 Å². The lowest BCUT2D eigenvalue weighted by molar-refractivity contribution is -0.163. The number of carbonyl (C=O) groups excluding carboxylic acids is 1. The lowest BCUT2D eigenvalue weighted by atomic mass is 10.2. The predicted molar refractivity (Wildman–Crippen MR) is 50.7 cm³/mol. The van der Waals surface area contributed by atoms with Crippen LogP contribution < -0.4 is 5.32 Å². The third-order valence-electron chi connectivity index (χ3n) is 2.10. The topological polar surface area (TPSA) is 29.1 Å². The smallest absolute Gasteiger partial charge is 0.316 e. The fourth-order valence-electron chi connectivity index (χ4n) is 1.07. The minimum absolute atomic E-state index is 0.132. The SMILES string of the molecule is Cc1ccc(F)c(NC(=O)C(F)(F)C(F)F)c1F. The van der Waals surface area contributed by atoms with E-state index >= 15 is 0 Å². The Hall–Kier alpha value is -1.73. The zero-order valence-corrected chi connectivity index (χ0v) is 8.91. The number of aryl methyl sites for hydroxylation is 1. The van der Waals surface area contributed by atoms with Crippen molar-refractivity contribution >= 4 is 11.6 Å². The molecule has 1 aromatic carbocycles. The molecule has 0 saturated carbocycles. The van der Waals surface area contributed by atoms with Gasteiger partial charge in [-0.05, 0) is 18.6 Å². The Morgan fingerprint density at radius 3 is 2.33 bits per heavy atom. The van der Waals surface area contributed by atoms with Gasteiger partial charge in [-0.15, -0.1) is 0 Å². The highest BCUT2D eigenvalue weighted by molar-refractivity contribution is 5.96. The van der Waals surface area contributed by atoms with E-state index in [2.05, 4.69) is 0 Å². The van der Waals surface area contributed by atoms with Crippen LogP contribution in [0.2, 0.25) is 0 Å². The Kier molecular flexibility index (Phi) is 3.88. The Morgan fingerprint density at radius 2 is 1.83 bits per heavy atom. The van der Waals surface area contributed by atoms with E-state index in [-0.39, 0.29) is 5.56 Å². The van der Waals surface area contributed by atoms with E-state index in [1.807, 2.05) is 0 Å². The summed E-state index contributed by atoms with van der Waals surface area (Å²) in [6.45, 7) is 1.19. The zero-order valence-electron chi connectivity index (χ0n) is 8.91. The summed E-state index contributed by atoms with van der Waals surface area (Å²) in [7, 11) is 0. The molecule has 8 heteroatoms. The van der Waals surface area contributed by atoms with Gasteiger partial charge in [-0.1, -0.05) is 6.07 Å². The van der Waals surface area contributed by atoms with Crippen LogP contribution in [0.4, 0.5) is 32.0 Å². The van der Waals surface area contributed by atoms with Gasteiger partial charge < -0.3 is 5.32 Å². The maximum atomic E-state index is 13.3. The van der Waals surface area contributed by atoms with E-state index in [1.54, 1.807) is 0 Å². The normalized spacial score (nSPS) is 11.8. The molecular weight excluding hydrogens is 264 g/mol. The summed E-state index contributed by atoms with van der Waals surface area (Å²) in [5, 5.41) is 1.12. The summed E-state index contributed by atoms with van der Waals surface area (Å²) in [4.78, 5) is 10.8. The largest absolute Gasteiger partial charge is 0.383 e. The molecular formula is C10H7F6NO. The Balaban J connectivity index is 3.06. The van der Waals surface area contributed by atoms with Gasteiger partial charge in [0.05, 0.1) is 0 Å². The Bertz CT molecular complexity index is 474. The van der Waals surface area contributed by atoms with Crippen molar-refractivity contribution < 1.29 is 31.1 Å². The minimum atomic E-state index is -5.03. The monoisotopic (exact) mass is 271 g/mol. The van der Waals surface area contributed by atoms with Crippen LogP contribution >= 0.6 is 0 Å². The van der Waals surface area contributed by atoms with Crippen molar-refractivity contribution in [3.05, 3.63) is 29.3 Å². The van der Waals surface area contributed by atoms with Gasteiger partial charge in [0.1, 0.15) is 11.5 Å². The molecule has 0 saturated heterocycles. The van der Waals surface area contributed by atoms with Gasteiger partial charge in [-0.25, -0.2) is 17.6 Å². The molecule has 0 aliphatic heterocycles. The molecule has 1 aromatic rings. The number of rotatable bonds is 3. The van der Waals surface area contributed by atoms with E-state index in [9.17, 15) is 31.1 Å². The van der Waals surface area contributed by atoms with E-state index in [0.717, 1.165) is 11.4 Å². The first kappa shape index (κ1) is 14.3. The van der Waals surface area contributed by atoms with E-state index in [1.165, 1.54) is 6.92 Å². The average molecular weight is 271 g/mol. The second kappa shape index (κ2) is 4.87. The van der Waals surface area contributed by atoms with Gasteiger partial charge in [0.25, 0.3) is 0 Å². The lowest BCUT2D eigenvalue weighted by Crippen LogP contribution is -2.41. The first-order chi connectivity index (χ1) is 8.17. The number of hydrogen-bond donors (Lipinski definition) is 1. The minimum Gasteiger partial charge on any atom is -0.316 e. The second-order valence-corrected chi connectivity index (χ2v) is 3.43. The second-order valence-electron chi connectivity index (χ2n) is 3.43. The predicted octanol–water partition coefficient (Wildman–Crippen LogP) is 3.11. The third-order valence-corrected chi connectivity index (χ3v) is 2.10. The number of halogens is 6. The van der Waals surface area contributed by atoms with Gasteiger partial charge in [0, 0.05) is 0 Å². The van der Waals surface area contributed by atoms with E-state index < -0.39 is 35.6 Å². The molecule has 0 unspecified atom stereocenters. The highest BCUT2D eigenvalue weighted by Crippen LogP contribution is 2.27. The number of nitrogens with one attached hydrogen (secondary N) is 1. The number of amides is 1. The van der Waals surface area contributed by atoms with E-state index in [4.69, 9.17) is 0 Å². The molecule has 0 atom stereocenters. The van der Waals surface area contributed by atoms with E-state index in [0.29, 0.717) is 6.07 Å². The quantitative estimate of drug-likeness (QED) is 0.841. The van der Waals surface area contributed by atoms with Gasteiger partial charge in [0.15, 0.2) is 5.82 Å². The molecule has 0 radical (unpaired) electrons. The molecule has 1 N–H and O–H groups in total. The molecule has 0 bridgehead atoms. The molecule has 1 rings (SSSR count). The Labute approximate surface area is 97.6 Å². The van der Waals surface area contributed by atoms with Crippen molar-refractivity contribution in [2.24, 2.45) is 0 Å². The summed E-state index contributed by atoms with van der Waals surface area (Å²) in [6.07, 6.45) is -4.27. The maximum absolute atomic E-state index is 13.3. The highest BCUT2D eigenvalue weighted by atomic mass is 19.3. The van der Waals surface area contributed by atoms with Crippen LogP contribution in [0.3, 0.4) is 0 Å². The van der Waals surface area contributed by atoms with Crippen LogP contribution in [0, 0.1) is 18.6 Å². The fraction of sp³-hybridized carbons (Fsp3) is 0.300. The van der Waals surface area contributed by atoms with Crippen LogP contribution in [0.25, 0.3) is 0 Å². The van der Waals surface area contributed by atoms with Gasteiger partial charge in [0.2, 0.25) is 0 Å². The van der Waals surface area contributed by atoms with Crippen LogP contribution in [0.15, 0.2) is 12.1 Å². The van der Waals surface area contributed by atoms with Gasteiger partial charge in [-0.2, -0.15) is 8.78 Å². The summed E-state index contributed by atoms with van der Waals surface area (Å²) < 4.78 is 75.3. The number of benzene rings is 1. The van der Waals surface area contributed by atoms with Gasteiger partial charge in [-0.3, -0.25) is 4.79 Å². The maximum Gasteiger partial charge on any atom is 0.383 e. The number of hydrogen-bond acceptors (Lipinski definition) is 1. The van der Waals surface area contributed by atoms with Crippen molar-refractivity contribution in [3.8, 4) is 0 Å². The lowest BCUT2D eigenvalue weighted by Gasteiger charge is -2.16.